The number of ether oxygens (including phenoxy) is 3. The number of aromatic nitrogens is 2. The van der Waals surface area contributed by atoms with E-state index in [9.17, 15) is 4.79 Å². The van der Waals surface area contributed by atoms with Gasteiger partial charge in [0.15, 0.2) is 5.75 Å². The first-order chi connectivity index (χ1) is 8.60. The Hall–Kier alpha value is -2.62. The van der Waals surface area contributed by atoms with Crippen LogP contribution in [-0.2, 0) is 4.74 Å². The maximum Gasteiger partial charge on any atom is 0.412 e. The van der Waals surface area contributed by atoms with Gasteiger partial charge in [-0.3, -0.25) is 5.21 Å². The van der Waals surface area contributed by atoms with Crippen LogP contribution in [0.15, 0.2) is 11.2 Å². The van der Waals surface area contributed by atoms with Gasteiger partial charge in [0.25, 0.3) is 0 Å². The zero-order valence-electron chi connectivity index (χ0n) is 9.58. The topological polar surface area (TPSA) is 141 Å². The van der Waals surface area contributed by atoms with Crippen molar-refractivity contribution >= 4 is 17.9 Å². The van der Waals surface area contributed by atoms with Crippen molar-refractivity contribution in [3.8, 4) is 11.8 Å². The van der Waals surface area contributed by atoms with Gasteiger partial charge < -0.3 is 19.9 Å². The molecule has 1 rings (SSSR count). The first-order valence-electron chi connectivity index (χ1n) is 4.51. The standard InChI is InChI=1S/C8H11N5O5/c1-16-4-3-10-7(17-2)11-5(4)12-8(13-15)18-6(9)14/h3,15H,1-2H3,(H2,9,14)(H,10,11,12,13). The third-order valence-electron chi connectivity index (χ3n) is 1.62. The zero-order valence-corrected chi connectivity index (χ0v) is 9.58. The molecule has 0 aliphatic carbocycles. The lowest BCUT2D eigenvalue weighted by Gasteiger charge is -2.06. The molecule has 4 N–H and O–H groups in total. The lowest BCUT2D eigenvalue weighted by atomic mass is 10.5. The number of carbonyl (C=O) groups excluding carboxylic acids is 1. The molecule has 10 heteroatoms. The molecule has 98 valence electrons. The lowest BCUT2D eigenvalue weighted by Crippen LogP contribution is -2.28. The molecule has 0 saturated carbocycles. The van der Waals surface area contributed by atoms with Gasteiger partial charge in [-0.05, 0) is 0 Å². The van der Waals surface area contributed by atoms with Crippen molar-refractivity contribution in [2.45, 2.75) is 0 Å². The van der Waals surface area contributed by atoms with E-state index >= 15 is 0 Å². The Balaban J connectivity index is 3.12. The number of hydroxylamine groups is 1. The van der Waals surface area contributed by atoms with Gasteiger partial charge in [-0.2, -0.15) is 15.0 Å². The van der Waals surface area contributed by atoms with Gasteiger partial charge in [0.05, 0.1) is 20.4 Å². The molecular weight excluding hydrogens is 246 g/mol. The Morgan fingerprint density at radius 1 is 1.50 bits per heavy atom. The summed E-state index contributed by atoms with van der Waals surface area (Å²) < 4.78 is 14.1. The summed E-state index contributed by atoms with van der Waals surface area (Å²) in [6.45, 7) is 0. The summed E-state index contributed by atoms with van der Waals surface area (Å²) >= 11 is 0. The molecule has 10 nitrogen and oxygen atoms in total. The quantitative estimate of drug-likeness (QED) is 0.375. The fourth-order valence-electron chi connectivity index (χ4n) is 0.931. The van der Waals surface area contributed by atoms with Crippen LogP contribution in [0.2, 0.25) is 0 Å². The van der Waals surface area contributed by atoms with Crippen molar-refractivity contribution in [2.24, 2.45) is 10.7 Å². The molecule has 18 heavy (non-hydrogen) atoms. The molecule has 1 aromatic rings. The van der Waals surface area contributed by atoms with Gasteiger partial charge >= 0.3 is 18.1 Å². The average Bonchev–Trinajstić information content (AvgIpc) is 2.37. The Morgan fingerprint density at radius 3 is 2.72 bits per heavy atom. The number of amides is 1. The van der Waals surface area contributed by atoms with Crippen LogP contribution in [-0.4, -0.2) is 41.5 Å². The number of carbonyl (C=O) groups is 1. The van der Waals surface area contributed by atoms with Crippen molar-refractivity contribution in [2.75, 3.05) is 14.2 Å². The third-order valence-corrected chi connectivity index (χ3v) is 1.62. The molecule has 0 radical (unpaired) electrons. The second-order valence-corrected chi connectivity index (χ2v) is 2.70. The molecule has 0 fully saturated rings. The van der Waals surface area contributed by atoms with Crippen molar-refractivity contribution in [1.82, 2.24) is 15.4 Å². The van der Waals surface area contributed by atoms with Gasteiger partial charge in [-0.15, -0.1) is 0 Å². The largest absolute Gasteiger partial charge is 0.491 e. The van der Waals surface area contributed by atoms with E-state index in [4.69, 9.17) is 20.4 Å². The van der Waals surface area contributed by atoms with Crippen LogP contribution in [0.25, 0.3) is 0 Å². The van der Waals surface area contributed by atoms with Crippen LogP contribution in [0, 0.1) is 0 Å². The summed E-state index contributed by atoms with van der Waals surface area (Å²) in [5.74, 6) is 0.152. The van der Waals surface area contributed by atoms with Gasteiger partial charge in [-0.1, -0.05) is 0 Å². The van der Waals surface area contributed by atoms with Crippen LogP contribution in [0.4, 0.5) is 10.6 Å². The molecule has 0 saturated heterocycles. The highest BCUT2D eigenvalue weighted by atomic mass is 16.6. The highest BCUT2D eigenvalue weighted by Gasteiger charge is 2.11. The number of nitrogens with two attached hydrogens (primary N) is 1. The number of aliphatic imine (C=N–C) groups is 1. The predicted octanol–water partition coefficient (Wildman–Crippen LogP) is -0.445. The summed E-state index contributed by atoms with van der Waals surface area (Å²) in [5.41, 5.74) is 6.31. The van der Waals surface area contributed by atoms with Crippen LogP contribution in [0.1, 0.15) is 0 Å². The van der Waals surface area contributed by atoms with E-state index < -0.39 is 12.1 Å². The van der Waals surface area contributed by atoms with Crippen LogP contribution >= 0.6 is 0 Å². The predicted molar refractivity (Wildman–Crippen MR) is 57.8 cm³/mol. The molecule has 1 aromatic heterocycles. The number of nitrogens with one attached hydrogen (secondary N) is 1. The summed E-state index contributed by atoms with van der Waals surface area (Å²) in [7, 11) is 2.73. The molecule has 0 unspecified atom stereocenters. The Bertz CT molecular complexity index is 463. The minimum atomic E-state index is -1.16. The zero-order chi connectivity index (χ0) is 13.5. The van der Waals surface area contributed by atoms with Crippen LogP contribution in [0.3, 0.4) is 0 Å². The second kappa shape index (κ2) is 6.20. The maximum absolute atomic E-state index is 10.5. The van der Waals surface area contributed by atoms with E-state index in [1.54, 1.807) is 5.48 Å². The van der Waals surface area contributed by atoms with E-state index in [2.05, 4.69) is 19.7 Å². The van der Waals surface area contributed by atoms with E-state index in [-0.39, 0.29) is 17.6 Å². The molecule has 1 heterocycles. The number of amidine groups is 1. The highest BCUT2D eigenvalue weighted by molar-refractivity contribution is 5.86. The number of hydrogen-bond donors (Lipinski definition) is 3. The first-order valence-corrected chi connectivity index (χ1v) is 4.51. The van der Waals surface area contributed by atoms with Crippen LogP contribution < -0.4 is 20.7 Å². The molecule has 0 aromatic carbocycles. The van der Waals surface area contributed by atoms with E-state index in [1.807, 2.05) is 0 Å². The smallest absolute Gasteiger partial charge is 0.412 e. The number of methoxy groups -OCH3 is 2. The number of hydrogen-bond acceptors (Lipinski definition) is 8. The fraction of sp³-hybridized carbons (Fsp3) is 0.250. The Morgan fingerprint density at radius 2 is 2.22 bits per heavy atom. The third kappa shape index (κ3) is 3.45. The minimum Gasteiger partial charge on any atom is -0.491 e. The summed E-state index contributed by atoms with van der Waals surface area (Å²) in [6.07, 6.45) is 0.138. The van der Waals surface area contributed by atoms with Crippen molar-refractivity contribution in [3.63, 3.8) is 0 Å². The van der Waals surface area contributed by atoms with Crippen LogP contribution in [0.5, 0.6) is 11.8 Å². The van der Waals surface area contributed by atoms with Gasteiger partial charge in [-0.25, -0.2) is 10.3 Å². The summed E-state index contributed by atoms with van der Waals surface area (Å²) in [6, 6.07) is -0.549. The number of rotatable bonds is 3. The van der Waals surface area contributed by atoms with Crippen molar-refractivity contribution in [3.05, 3.63) is 6.20 Å². The summed E-state index contributed by atoms with van der Waals surface area (Å²) in [4.78, 5) is 21.8. The molecule has 0 aliphatic rings. The van der Waals surface area contributed by atoms with Gasteiger partial charge in [0, 0.05) is 0 Å². The first kappa shape index (κ1) is 13.4. The van der Waals surface area contributed by atoms with E-state index in [0.717, 1.165) is 0 Å². The Kier molecular flexibility index (Phi) is 4.63. The Labute approximate surface area is 101 Å². The molecule has 0 atom stereocenters. The normalized spacial score (nSPS) is 10.7. The van der Waals surface area contributed by atoms with Gasteiger partial charge in [0.2, 0.25) is 5.82 Å². The summed E-state index contributed by atoms with van der Waals surface area (Å²) in [5, 5.41) is 8.70. The van der Waals surface area contributed by atoms with Crippen molar-refractivity contribution in [1.29, 1.82) is 0 Å². The van der Waals surface area contributed by atoms with Gasteiger partial charge in [0.1, 0.15) is 0 Å². The molecular formula is C8H11N5O5. The minimum absolute atomic E-state index is 0.0194. The molecule has 0 bridgehead atoms. The van der Waals surface area contributed by atoms with Crippen molar-refractivity contribution < 1.29 is 24.2 Å². The SMILES string of the molecule is COc1ncc(OC)c(N=C(NO)OC(N)=O)n1. The monoisotopic (exact) mass is 257 g/mol. The lowest BCUT2D eigenvalue weighted by molar-refractivity contribution is 0.175. The molecule has 0 spiro atoms. The molecule has 1 amide bonds. The average molecular weight is 257 g/mol. The number of nitrogens with zero attached hydrogens (tertiary/aromatic N) is 3. The highest BCUT2D eigenvalue weighted by Crippen LogP contribution is 2.25. The fourth-order valence-corrected chi connectivity index (χ4v) is 0.931. The maximum atomic E-state index is 10.5. The van der Waals surface area contributed by atoms with E-state index in [0.29, 0.717) is 0 Å². The van der Waals surface area contributed by atoms with E-state index in [1.165, 1.54) is 20.4 Å². The number of primary amides is 1. The second-order valence-electron chi connectivity index (χ2n) is 2.70. The molecule has 0 aliphatic heterocycles.